The van der Waals surface area contributed by atoms with E-state index in [1.54, 1.807) is 38.1 Å². The van der Waals surface area contributed by atoms with Crippen molar-refractivity contribution in [2.75, 3.05) is 16.0 Å². The van der Waals surface area contributed by atoms with Crippen LogP contribution in [0, 0.1) is 0 Å². The number of amides is 3. The first-order chi connectivity index (χ1) is 13.0. The predicted molar refractivity (Wildman–Crippen MR) is 107 cm³/mol. The number of nitrogens with one attached hydrogen (secondary N) is 4. The minimum atomic E-state index is -1.03. The summed E-state index contributed by atoms with van der Waals surface area (Å²) in [6, 6.07) is 6.86. The fraction of sp³-hybridized carbons (Fsp3) is 0.368. The quantitative estimate of drug-likeness (QED) is 0.645. The Morgan fingerprint density at radius 2 is 1.75 bits per heavy atom. The second kappa shape index (κ2) is 6.99. The first-order valence-electron chi connectivity index (χ1n) is 8.85. The van der Waals surface area contributed by atoms with Crippen molar-refractivity contribution >= 4 is 34.9 Å². The highest BCUT2D eigenvalue weighted by Gasteiger charge is 2.37. The van der Waals surface area contributed by atoms with Crippen LogP contribution in [-0.4, -0.2) is 33.0 Å². The van der Waals surface area contributed by atoms with E-state index in [0.717, 1.165) is 5.69 Å². The standard InChI is InChI=1S/C19H24N6O3/c1-18(2,3)25-17(27)23-12-8-6-11(7-9-12)22-14-13-15(21-10-20-14)24-16(26)19(4,5)28-13/h6-10H,1-5H3,(H2,23,25,27)(H2,20,21,22,24,26). The summed E-state index contributed by atoms with van der Waals surface area (Å²) in [5.74, 6) is 0.857. The first-order valence-corrected chi connectivity index (χ1v) is 8.85. The SMILES string of the molecule is CC(C)(C)NC(=O)Nc1ccc(Nc2ncnc3c2OC(C)(C)C(=O)N3)cc1. The van der Waals surface area contributed by atoms with Gasteiger partial charge in [-0.1, -0.05) is 0 Å². The van der Waals surface area contributed by atoms with Gasteiger partial charge in [0.1, 0.15) is 6.33 Å². The molecule has 28 heavy (non-hydrogen) atoms. The third-order valence-corrected chi connectivity index (χ3v) is 3.83. The van der Waals surface area contributed by atoms with Crippen LogP contribution in [0.3, 0.4) is 0 Å². The number of fused-ring (bicyclic) bond motifs is 1. The molecule has 1 aliphatic rings. The van der Waals surface area contributed by atoms with Crippen molar-refractivity contribution in [3.63, 3.8) is 0 Å². The van der Waals surface area contributed by atoms with Gasteiger partial charge >= 0.3 is 6.03 Å². The Balaban J connectivity index is 1.73. The predicted octanol–water partition coefficient (Wildman–Crippen LogP) is 3.25. The number of nitrogens with zero attached hydrogens (tertiary/aromatic N) is 2. The molecule has 1 aromatic heterocycles. The van der Waals surface area contributed by atoms with Crippen LogP contribution >= 0.6 is 0 Å². The second-order valence-electron chi connectivity index (χ2n) is 8.00. The van der Waals surface area contributed by atoms with Crippen molar-refractivity contribution in [2.45, 2.75) is 45.8 Å². The van der Waals surface area contributed by atoms with Crippen LogP contribution in [-0.2, 0) is 4.79 Å². The lowest BCUT2D eigenvalue weighted by Crippen LogP contribution is -2.46. The molecular formula is C19H24N6O3. The van der Waals surface area contributed by atoms with E-state index in [1.807, 2.05) is 20.8 Å². The van der Waals surface area contributed by atoms with E-state index in [2.05, 4.69) is 31.2 Å². The van der Waals surface area contributed by atoms with Crippen LogP contribution in [0.4, 0.5) is 27.8 Å². The molecule has 148 valence electrons. The number of carbonyl (C=O) groups excluding carboxylic acids is 2. The highest BCUT2D eigenvalue weighted by molar-refractivity contribution is 6.00. The lowest BCUT2D eigenvalue weighted by Gasteiger charge is -2.31. The van der Waals surface area contributed by atoms with E-state index in [0.29, 0.717) is 23.1 Å². The minimum absolute atomic E-state index is 0.270. The molecule has 3 amide bonds. The number of anilines is 4. The van der Waals surface area contributed by atoms with Crippen molar-refractivity contribution in [3.8, 4) is 5.75 Å². The van der Waals surface area contributed by atoms with Gasteiger partial charge in [-0.2, -0.15) is 0 Å². The number of urea groups is 1. The van der Waals surface area contributed by atoms with Crippen LogP contribution in [0.5, 0.6) is 5.75 Å². The number of rotatable bonds is 3. The maximum atomic E-state index is 12.0. The number of carbonyl (C=O) groups is 2. The molecule has 0 bridgehead atoms. The third-order valence-electron chi connectivity index (χ3n) is 3.83. The summed E-state index contributed by atoms with van der Waals surface area (Å²) < 4.78 is 5.79. The van der Waals surface area contributed by atoms with Crippen LogP contribution in [0.2, 0.25) is 0 Å². The van der Waals surface area contributed by atoms with Crippen molar-refractivity contribution in [2.24, 2.45) is 0 Å². The molecule has 1 aromatic carbocycles. The Labute approximate surface area is 163 Å². The zero-order chi connectivity index (χ0) is 20.5. The third kappa shape index (κ3) is 4.48. The summed E-state index contributed by atoms with van der Waals surface area (Å²) in [6.45, 7) is 9.08. The van der Waals surface area contributed by atoms with Gasteiger partial charge in [0.05, 0.1) is 0 Å². The highest BCUT2D eigenvalue weighted by atomic mass is 16.5. The number of benzene rings is 1. The van der Waals surface area contributed by atoms with Crippen LogP contribution in [0.15, 0.2) is 30.6 Å². The van der Waals surface area contributed by atoms with Gasteiger partial charge in [-0.15, -0.1) is 0 Å². The van der Waals surface area contributed by atoms with Crippen LogP contribution < -0.4 is 26.0 Å². The van der Waals surface area contributed by atoms with Gasteiger partial charge in [-0.3, -0.25) is 4.79 Å². The molecular weight excluding hydrogens is 360 g/mol. The molecule has 1 aliphatic heterocycles. The minimum Gasteiger partial charge on any atom is -0.470 e. The molecule has 0 saturated heterocycles. The maximum Gasteiger partial charge on any atom is 0.319 e. The normalized spacial score (nSPS) is 15.0. The molecule has 0 fully saturated rings. The van der Waals surface area contributed by atoms with Crippen molar-refractivity contribution in [3.05, 3.63) is 30.6 Å². The number of aromatic nitrogens is 2. The summed E-state index contributed by atoms with van der Waals surface area (Å²) in [5, 5.41) is 11.5. The van der Waals surface area contributed by atoms with Gasteiger partial charge in [-0.25, -0.2) is 14.8 Å². The van der Waals surface area contributed by atoms with Gasteiger partial charge in [0, 0.05) is 16.9 Å². The average molecular weight is 384 g/mol. The molecule has 2 heterocycles. The fourth-order valence-electron chi connectivity index (χ4n) is 2.48. The molecule has 0 spiro atoms. The van der Waals surface area contributed by atoms with Gasteiger partial charge in [0.2, 0.25) is 5.75 Å². The molecule has 9 heteroatoms. The summed E-state index contributed by atoms with van der Waals surface area (Å²) in [4.78, 5) is 32.2. The van der Waals surface area contributed by atoms with Gasteiger partial charge in [0.25, 0.3) is 5.91 Å². The smallest absolute Gasteiger partial charge is 0.319 e. The monoisotopic (exact) mass is 384 g/mol. The molecule has 0 radical (unpaired) electrons. The average Bonchev–Trinajstić information content (AvgIpc) is 2.56. The molecule has 0 unspecified atom stereocenters. The van der Waals surface area contributed by atoms with Crippen LogP contribution in [0.25, 0.3) is 0 Å². The van der Waals surface area contributed by atoms with E-state index in [9.17, 15) is 9.59 Å². The van der Waals surface area contributed by atoms with E-state index < -0.39 is 5.60 Å². The first kappa shape index (κ1) is 19.4. The van der Waals surface area contributed by atoms with Gasteiger partial charge in [-0.05, 0) is 58.9 Å². The van der Waals surface area contributed by atoms with Crippen molar-refractivity contribution in [1.82, 2.24) is 15.3 Å². The Morgan fingerprint density at radius 3 is 2.39 bits per heavy atom. The molecule has 3 rings (SSSR count). The Kier molecular flexibility index (Phi) is 4.84. The van der Waals surface area contributed by atoms with E-state index in [1.165, 1.54) is 6.33 Å². The number of hydrogen-bond donors (Lipinski definition) is 4. The fourth-order valence-corrected chi connectivity index (χ4v) is 2.48. The molecule has 0 atom stereocenters. The van der Waals surface area contributed by atoms with Crippen molar-refractivity contribution in [1.29, 1.82) is 0 Å². The van der Waals surface area contributed by atoms with E-state index in [-0.39, 0.29) is 17.5 Å². The van der Waals surface area contributed by atoms with Crippen LogP contribution in [0.1, 0.15) is 34.6 Å². The molecule has 0 saturated carbocycles. The summed E-state index contributed by atoms with van der Waals surface area (Å²) in [7, 11) is 0. The molecule has 0 aliphatic carbocycles. The van der Waals surface area contributed by atoms with E-state index >= 15 is 0 Å². The largest absolute Gasteiger partial charge is 0.470 e. The Bertz CT molecular complexity index is 903. The van der Waals surface area contributed by atoms with Gasteiger partial charge < -0.3 is 26.0 Å². The van der Waals surface area contributed by atoms with Crippen molar-refractivity contribution < 1.29 is 14.3 Å². The zero-order valence-corrected chi connectivity index (χ0v) is 16.5. The summed E-state index contributed by atoms with van der Waals surface area (Å²) >= 11 is 0. The number of hydrogen-bond acceptors (Lipinski definition) is 6. The molecule has 9 nitrogen and oxygen atoms in total. The Morgan fingerprint density at radius 1 is 1.11 bits per heavy atom. The lowest BCUT2D eigenvalue weighted by molar-refractivity contribution is -0.129. The molecule has 4 N–H and O–H groups in total. The topological polar surface area (TPSA) is 117 Å². The Hall–Kier alpha value is -3.36. The van der Waals surface area contributed by atoms with Gasteiger partial charge in [0.15, 0.2) is 17.2 Å². The highest BCUT2D eigenvalue weighted by Crippen LogP contribution is 2.38. The second-order valence-corrected chi connectivity index (χ2v) is 8.00. The summed E-state index contributed by atoms with van der Waals surface area (Å²) in [6.07, 6.45) is 1.34. The van der Waals surface area contributed by atoms with E-state index in [4.69, 9.17) is 4.74 Å². The maximum absolute atomic E-state index is 12.0. The molecule has 2 aromatic rings. The zero-order valence-electron chi connectivity index (χ0n) is 16.5. The summed E-state index contributed by atoms with van der Waals surface area (Å²) in [5.41, 5.74) is 0.0473. The number of ether oxygens (including phenoxy) is 1. The lowest BCUT2D eigenvalue weighted by atomic mass is 10.1.